The summed E-state index contributed by atoms with van der Waals surface area (Å²) >= 11 is 1.99. The predicted octanol–water partition coefficient (Wildman–Crippen LogP) is 4.23. The maximum absolute atomic E-state index is 5.30. The van der Waals surface area contributed by atoms with Crippen LogP contribution >= 0.6 is 11.3 Å². The van der Waals surface area contributed by atoms with Crippen molar-refractivity contribution in [3.63, 3.8) is 0 Å². The quantitative estimate of drug-likeness (QED) is 0.758. The van der Waals surface area contributed by atoms with Crippen LogP contribution in [0.1, 0.15) is 39.7 Å². The van der Waals surface area contributed by atoms with Gasteiger partial charge in [-0.15, -0.1) is 11.3 Å². The molecular formula is C20H20N2OS. The number of aryl methyl sites for hydroxylation is 1. The number of rotatable bonds is 2. The fourth-order valence-electron chi connectivity index (χ4n) is 4.04. The monoisotopic (exact) mass is 336 g/mol. The fourth-order valence-corrected chi connectivity index (χ4v) is 5.45. The Morgan fingerprint density at radius 3 is 2.83 bits per heavy atom. The lowest BCUT2D eigenvalue weighted by Gasteiger charge is -2.18. The van der Waals surface area contributed by atoms with Gasteiger partial charge >= 0.3 is 0 Å². The van der Waals surface area contributed by atoms with Crippen LogP contribution < -0.4 is 10.1 Å². The highest BCUT2D eigenvalue weighted by Gasteiger charge is 2.29. The van der Waals surface area contributed by atoms with Crippen molar-refractivity contribution in [3.05, 3.63) is 69.9 Å². The van der Waals surface area contributed by atoms with Crippen molar-refractivity contribution in [2.75, 3.05) is 7.11 Å². The third-order valence-electron chi connectivity index (χ3n) is 5.24. The van der Waals surface area contributed by atoms with Gasteiger partial charge in [-0.25, -0.2) is 0 Å². The summed E-state index contributed by atoms with van der Waals surface area (Å²) in [5, 5.41) is 5.21. The molecule has 0 radical (unpaired) electrons. The molecule has 1 aliphatic heterocycles. The molecule has 1 aromatic carbocycles. The van der Waals surface area contributed by atoms with Crippen LogP contribution in [0, 0.1) is 0 Å². The minimum Gasteiger partial charge on any atom is -0.497 e. The van der Waals surface area contributed by atoms with E-state index in [9.17, 15) is 0 Å². The smallest absolute Gasteiger partial charge is 0.118 e. The zero-order chi connectivity index (χ0) is 16.1. The molecule has 0 spiro atoms. The van der Waals surface area contributed by atoms with Gasteiger partial charge in [-0.3, -0.25) is 0 Å². The number of ether oxygens (including phenoxy) is 1. The molecule has 1 unspecified atom stereocenters. The summed E-state index contributed by atoms with van der Waals surface area (Å²) in [5.74, 6) is 0.902. The first-order valence-electron chi connectivity index (χ1n) is 8.53. The molecule has 3 aromatic rings. The highest BCUT2D eigenvalue weighted by atomic mass is 32.1. The van der Waals surface area contributed by atoms with Gasteiger partial charge in [0.1, 0.15) is 10.8 Å². The van der Waals surface area contributed by atoms with Gasteiger partial charge in [-0.1, -0.05) is 12.1 Å². The highest BCUT2D eigenvalue weighted by Crippen LogP contribution is 2.41. The summed E-state index contributed by atoms with van der Waals surface area (Å²) in [6.07, 6.45) is 6.02. The number of thiophene rings is 1. The second-order valence-corrected chi connectivity index (χ2v) is 7.61. The molecule has 0 bridgehead atoms. The maximum Gasteiger partial charge on any atom is 0.118 e. The van der Waals surface area contributed by atoms with Crippen molar-refractivity contribution >= 4 is 11.3 Å². The van der Waals surface area contributed by atoms with E-state index in [1.807, 2.05) is 23.5 Å². The molecule has 4 heteroatoms. The molecular weight excluding hydrogens is 316 g/mol. The Morgan fingerprint density at radius 1 is 1.12 bits per heavy atom. The molecule has 5 rings (SSSR count). The van der Waals surface area contributed by atoms with Crippen molar-refractivity contribution in [1.29, 1.82) is 0 Å². The van der Waals surface area contributed by atoms with Crippen LogP contribution in [0.5, 0.6) is 5.75 Å². The van der Waals surface area contributed by atoms with Crippen LogP contribution in [0.25, 0.3) is 5.00 Å². The van der Waals surface area contributed by atoms with Gasteiger partial charge in [0, 0.05) is 28.9 Å². The summed E-state index contributed by atoms with van der Waals surface area (Å²) in [7, 11) is 1.71. The highest BCUT2D eigenvalue weighted by molar-refractivity contribution is 7.15. The molecule has 1 aliphatic carbocycles. The van der Waals surface area contributed by atoms with E-state index in [2.05, 4.69) is 40.3 Å². The molecule has 3 nitrogen and oxygen atoms in total. The molecule has 0 saturated heterocycles. The summed E-state index contributed by atoms with van der Waals surface area (Å²) in [4.78, 5) is 1.60. The molecule has 0 fully saturated rings. The Bertz CT molecular complexity index is 891. The van der Waals surface area contributed by atoms with E-state index in [4.69, 9.17) is 4.74 Å². The number of methoxy groups -OCH3 is 1. The van der Waals surface area contributed by atoms with E-state index in [0.29, 0.717) is 0 Å². The van der Waals surface area contributed by atoms with Gasteiger partial charge in [-0.2, -0.15) is 0 Å². The van der Waals surface area contributed by atoms with Gasteiger partial charge < -0.3 is 14.6 Å². The first-order chi connectivity index (χ1) is 11.8. The topological polar surface area (TPSA) is 26.2 Å². The third-order valence-corrected chi connectivity index (χ3v) is 6.57. The van der Waals surface area contributed by atoms with Crippen LogP contribution in [0.3, 0.4) is 0 Å². The van der Waals surface area contributed by atoms with Gasteiger partial charge in [0.25, 0.3) is 0 Å². The second kappa shape index (κ2) is 5.50. The Kier molecular flexibility index (Phi) is 3.28. The summed E-state index contributed by atoms with van der Waals surface area (Å²) in [6.45, 7) is 0.944. The van der Waals surface area contributed by atoms with E-state index in [1.165, 1.54) is 41.1 Å². The van der Waals surface area contributed by atoms with Crippen molar-refractivity contribution in [2.24, 2.45) is 0 Å². The van der Waals surface area contributed by atoms with Crippen LogP contribution in [-0.4, -0.2) is 11.7 Å². The van der Waals surface area contributed by atoms with E-state index < -0.39 is 0 Å². The number of nitrogens with one attached hydrogen (secondary N) is 1. The van der Waals surface area contributed by atoms with Crippen LogP contribution in [0.4, 0.5) is 0 Å². The van der Waals surface area contributed by atoms with E-state index in [0.717, 1.165) is 12.3 Å². The number of benzene rings is 1. The standard InChI is InChI=1S/C20H20N2OS/c1-23-14-9-7-13(8-10-14)19-17-5-3-11-22(17)20-16(12-21-19)15-4-2-6-18(15)24-20/h3,5,7-11,19,21H,2,4,6,12H2,1H3. The molecule has 0 saturated carbocycles. The number of nitrogens with zero attached hydrogens (tertiary/aromatic N) is 1. The number of fused-ring (bicyclic) bond motifs is 5. The van der Waals surface area contributed by atoms with Crippen LogP contribution in [0.15, 0.2) is 42.6 Å². The number of hydrogen-bond acceptors (Lipinski definition) is 3. The van der Waals surface area contributed by atoms with E-state index in [-0.39, 0.29) is 6.04 Å². The molecule has 1 atom stereocenters. The maximum atomic E-state index is 5.30. The average Bonchev–Trinajstić information content (AvgIpc) is 3.30. The van der Waals surface area contributed by atoms with Crippen LogP contribution in [-0.2, 0) is 19.4 Å². The summed E-state index contributed by atoms with van der Waals surface area (Å²) in [5.41, 5.74) is 5.72. The zero-order valence-electron chi connectivity index (χ0n) is 13.7. The lowest BCUT2D eigenvalue weighted by molar-refractivity contribution is 0.414. The molecule has 122 valence electrons. The lowest BCUT2D eigenvalue weighted by Crippen LogP contribution is -2.21. The van der Waals surface area contributed by atoms with Gasteiger partial charge in [0.15, 0.2) is 0 Å². The summed E-state index contributed by atoms with van der Waals surface area (Å²) in [6, 6.07) is 13.0. The minimum absolute atomic E-state index is 0.211. The van der Waals surface area contributed by atoms with Crippen molar-refractivity contribution in [3.8, 4) is 10.8 Å². The third kappa shape index (κ3) is 2.06. The normalized spacial score (nSPS) is 18.6. The molecule has 3 heterocycles. The molecule has 2 aliphatic rings. The lowest BCUT2D eigenvalue weighted by atomic mass is 10.0. The Balaban J connectivity index is 1.61. The SMILES string of the molecule is COc1ccc(C2NCc3c(sc4c3CCC4)-n3cccc32)cc1. The van der Waals surface area contributed by atoms with E-state index >= 15 is 0 Å². The molecule has 0 amide bonds. The first-order valence-corrected chi connectivity index (χ1v) is 9.35. The fraction of sp³-hybridized carbons (Fsp3) is 0.300. The van der Waals surface area contributed by atoms with Crippen LogP contribution in [0.2, 0.25) is 0 Å². The van der Waals surface area contributed by atoms with Crippen molar-refractivity contribution < 1.29 is 4.74 Å². The van der Waals surface area contributed by atoms with Crippen molar-refractivity contribution in [1.82, 2.24) is 9.88 Å². The predicted molar refractivity (Wildman–Crippen MR) is 97.3 cm³/mol. The minimum atomic E-state index is 0.211. The second-order valence-electron chi connectivity index (χ2n) is 6.53. The van der Waals surface area contributed by atoms with E-state index in [1.54, 1.807) is 17.6 Å². The number of hydrogen-bond donors (Lipinski definition) is 1. The molecule has 2 aromatic heterocycles. The largest absolute Gasteiger partial charge is 0.497 e. The Morgan fingerprint density at radius 2 is 2.00 bits per heavy atom. The average molecular weight is 336 g/mol. The summed E-state index contributed by atoms with van der Waals surface area (Å²) < 4.78 is 7.70. The Labute approximate surface area is 145 Å². The van der Waals surface area contributed by atoms with Gasteiger partial charge in [0.05, 0.1) is 13.2 Å². The van der Waals surface area contributed by atoms with Gasteiger partial charge in [0.2, 0.25) is 0 Å². The molecule has 1 N–H and O–H groups in total. The molecule has 24 heavy (non-hydrogen) atoms. The van der Waals surface area contributed by atoms with Crippen molar-refractivity contribution in [2.45, 2.75) is 31.8 Å². The number of aromatic nitrogens is 1. The zero-order valence-corrected chi connectivity index (χ0v) is 14.5. The first kappa shape index (κ1) is 14.3. The van der Waals surface area contributed by atoms with Gasteiger partial charge in [-0.05, 0) is 54.7 Å². The Hall–Kier alpha value is -2.04.